The van der Waals surface area contributed by atoms with Crippen LogP contribution < -0.4 is 11.5 Å². The van der Waals surface area contributed by atoms with Crippen LogP contribution in [0, 0.1) is 6.92 Å². The van der Waals surface area contributed by atoms with E-state index in [1.165, 1.54) is 32.1 Å². The van der Waals surface area contributed by atoms with Gasteiger partial charge < -0.3 is 11.5 Å². The zero-order valence-electron chi connectivity index (χ0n) is 9.16. The summed E-state index contributed by atoms with van der Waals surface area (Å²) in [5.74, 6) is 1.65. The van der Waals surface area contributed by atoms with E-state index in [2.05, 4.69) is 9.97 Å². The van der Waals surface area contributed by atoms with Crippen molar-refractivity contribution in [1.82, 2.24) is 9.97 Å². The normalized spacial score (nSPS) is 17.9. The summed E-state index contributed by atoms with van der Waals surface area (Å²) < 4.78 is 0. The van der Waals surface area contributed by atoms with Crippen LogP contribution in [0.5, 0.6) is 0 Å². The largest absolute Gasteiger partial charge is 0.394 e. The number of anilines is 2. The summed E-state index contributed by atoms with van der Waals surface area (Å²) >= 11 is 0. The molecule has 1 aromatic rings. The second-order valence-electron chi connectivity index (χ2n) is 4.29. The number of nitrogens with zero attached hydrogens (tertiary/aromatic N) is 2. The van der Waals surface area contributed by atoms with Gasteiger partial charge in [0, 0.05) is 5.92 Å². The van der Waals surface area contributed by atoms with Crippen molar-refractivity contribution >= 4 is 11.5 Å². The zero-order chi connectivity index (χ0) is 10.8. The molecule has 4 heteroatoms. The van der Waals surface area contributed by atoms with Crippen LogP contribution in [0.3, 0.4) is 0 Å². The lowest BCUT2D eigenvalue weighted by molar-refractivity contribution is 0.437. The molecule has 1 aliphatic carbocycles. The molecule has 1 heterocycles. The molecular weight excluding hydrogens is 188 g/mol. The minimum Gasteiger partial charge on any atom is -0.394 e. The SMILES string of the molecule is Cc1nc(N)c(N)c(C2CCCCC2)n1. The first-order valence-electron chi connectivity index (χ1n) is 5.58. The van der Waals surface area contributed by atoms with Crippen molar-refractivity contribution in [3.8, 4) is 0 Å². The Hall–Kier alpha value is -1.32. The molecule has 2 rings (SSSR count). The number of nitrogens with two attached hydrogens (primary N) is 2. The van der Waals surface area contributed by atoms with Crippen LogP contribution in [0.2, 0.25) is 0 Å². The van der Waals surface area contributed by atoms with Gasteiger partial charge in [-0.3, -0.25) is 0 Å². The first-order valence-corrected chi connectivity index (χ1v) is 5.58. The van der Waals surface area contributed by atoms with E-state index < -0.39 is 0 Å². The molecule has 0 radical (unpaired) electrons. The van der Waals surface area contributed by atoms with Gasteiger partial charge in [0.25, 0.3) is 0 Å². The van der Waals surface area contributed by atoms with Crippen LogP contribution in [-0.4, -0.2) is 9.97 Å². The Morgan fingerprint density at radius 3 is 2.40 bits per heavy atom. The smallest absolute Gasteiger partial charge is 0.150 e. The van der Waals surface area contributed by atoms with E-state index in [0.717, 1.165) is 11.5 Å². The van der Waals surface area contributed by atoms with E-state index in [4.69, 9.17) is 11.5 Å². The highest BCUT2D eigenvalue weighted by molar-refractivity contribution is 5.61. The Kier molecular flexibility index (Phi) is 2.75. The quantitative estimate of drug-likeness (QED) is 0.736. The van der Waals surface area contributed by atoms with Crippen molar-refractivity contribution < 1.29 is 0 Å². The third-order valence-electron chi connectivity index (χ3n) is 3.11. The van der Waals surface area contributed by atoms with Gasteiger partial charge in [-0.25, -0.2) is 9.97 Å². The van der Waals surface area contributed by atoms with Gasteiger partial charge in [-0.15, -0.1) is 0 Å². The number of aromatic nitrogens is 2. The Labute approximate surface area is 90.1 Å². The second-order valence-corrected chi connectivity index (χ2v) is 4.29. The summed E-state index contributed by atoms with van der Waals surface area (Å²) in [6, 6.07) is 0. The number of rotatable bonds is 1. The summed E-state index contributed by atoms with van der Waals surface area (Å²) in [5.41, 5.74) is 13.2. The lowest BCUT2D eigenvalue weighted by Crippen LogP contribution is -2.13. The number of hydrogen-bond acceptors (Lipinski definition) is 4. The van der Waals surface area contributed by atoms with E-state index in [1.807, 2.05) is 6.92 Å². The van der Waals surface area contributed by atoms with Crippen molar-refractivity contribution in [2.45, 2.75) is 44.9 Å². The average molecular weight is 206 g/mol. The molecule has 0 aliphatic heterocycles. The summed E-state index contributed by atoms with van der Waals surface area (Å²) in [7, 11) is 0. The molecular formula is C11H18N4. The molecule has 0 aromatic carbocycles. The average Bonchev–Trinajstić information content (AvgIpc) is 2.24. The van der Waals surface area contributed by atoms with Gasteiger partial charge in [-0.1, -0.05) is 19.3 Å². The summed E-state index contributed by atoms with van der Waals surface area (Å²) in [6.07, 6.45) is 6.23. The fourth-order valence-electron chi connectivity index (χ4n) is 2.31. The van der Waals surface area contributed by atoms with Crippen molar-refractivity contribution in [3.05, 3.63) is 11.5 Å². The molecule has 0 unspecified atom stereocenters. The molecule has 1 saturated carbocycles. The van der Waals surface area contributed by atoms with E-state index >= 15 is 0 Å². The monoisotopic (exact) mass is 206 g/mol. The van der Waals surface area contributed by atoms with Gasteiger partial charge in [-0.05, 0) is 19.8 Å². The predicted octanol–water partition coefficient (Wildman–Crippen LogP) is 2.00. The maximum Gasteiger partial charge on any atom is 0.150 e. The third-order valence-corrected chi connectivity index (χ3v) is 3.11. The molecule has 0 spiro atoms. The van der Waals surface area contributed by atoms with Gasteiger partial charge in [0.2, 0.25) is 0 Å². The van der Waals surface area contributed by atoms with E-state index in [0.29, 0.717) is 17.4 Å². The number of hydrogen-bond donors (Lipinski definition) is 2. The number of nitrogen functional groups attached to an aromatic ring is 2. The molecule has 4 N–H and O–H groups in total. The van der Waals surface area contributed by atoms with Crippen molar-refractivity contribution in [2.24, 2.45) is 0 Å². The maximum absolute atomic E-state index is 5.93. The lowest BCUT2D eigenvalue weighted by Gasteiger charge is -2.22. The van der Waals surface area contributed by atoms with Crippen molar-refractivity contribution in [2.75, 3.05) is 11.5 Å². The van der Waals surface area contributed by atoms with Crippen LogP contribution in [-0.2, 0) is 0 Å². The second kappa shape index (κ2) is 4.04. The molecule has 0 amide bonds. The van der Waals surface area contributed by atoms with Gasteiger partial charge in [0.15, 0.2) is 5.82 Å². The summed E-state index contributed by atoms with van der Waals surface area (Å²) in [6.45, 7) is 1.86. The minimum absolute atomic E-state index is 0.433. The van der Waals surface area contributed by atoms with E-state index in [-0.39, 0.29) is 0 Å². The molecule has 0 saturated heterocycles. The van der Waals surface area contributed by atoms with Gasteiger partial charge >= 0.3 is 0 Å². The molecule has 1 aromatic heterocycles. The Balaban J connectivity index is 2.33. The molecule has 0 bridgehead atoms. The zero-order valence-corrected chi connectivity index (χ0v) is 9.16. The van der Waals surface area contributed by atoms with Gasteiger partial charge in [0.05, 0.1) is 11.4 Å². The summed E-state index contributed by atoms with van der Waals surface area (Å²) in [5, 5.41) is 0. The van der Waals surface area contributed by atoms with Gasteiger partial charge in [0.1, 0.15) is 5.82 Å². The molecule has 82 valence electrons. The Bertz CT molecular complexity index is 356. The van der Waals surface area contributed by atoms with Crippen molar-refractivity contribution in [1.29, 1.82) is 0 Å². The van der Waals surface area contributed by atoms with Crippen LogP contribution in [0.15, 0.2) is 0 Å². The van der Waals surface area contributed by atoms with Crippen LogP contribution in [0.25, 0.3) is 0 Å². The standard InChI is InChI=1S/C11H18N4/c1-7-14-10(9(12)11(13)15-7)8-5-3-2-4-6-8/h8H,2-6,12H2,1H3,(H2,13,14,15). The highest BCUT2D eigenvalue weighted by atomic mass is 15.0. The topological polar surface area (TPSA) is 77.8 Å². The van der Waals surface area contributed by atoms with Gasteiger partial charge in [-0.2, -0.15) is 0 Å². The fourth-order valence-corrected chi connectivity index (χ4v) is 2.31. The fraction of sp³-hybridized carbons (Fsp3) is 0.636. The molecule has 4 nitrogen and oxygen atoms in total. The first kappa shape index (κ1) is 10.2. The number of aryl methyl sites for hydroxylation is 1. The van der Waals surface area contributed by atoms with Crippen LogP contribution in [0.4, 0.5) is 11.5 Å². The highest BCUT2D eigenvalue weighted by Gasteiger charge is 2.20. The van der Waals surface area contributed by atoms with Crippen molar-refractivity contribution in [3.63, 3.8) is 0 Å². The Morgan fingerprint density at radius 2 is 1.73 bits per heavy atom. The van der Waals surface area contributed by atoms with Crippen LogP contribution in [0.1, 0.15) is 49.5 Å². The summed E-state index contributed by atoms with van der Waals surface area (Å²) in [4.78, 5) is 8.51. The van der Waals surface area contributed by atoms with E-state index in [9.17, 15) is 0 Å². The predicted molar refractivity (Wildman–Crippen MR) is 61.4 cm³/mol. The minimum atomic E-state index is 0.433. The third kappa shape index (κ3) is 2.03. The lowest BCUT2D eigenvalue weighted by atomic mass is 9.86. The molecule has 15 heavy (non-hydrogen) atoms. The molecule has 1 aliphatic rings. The highest BCUT2D eigenvalue weighted by Crippen LogP contribution is 2.35. The molecule has 0 atom stereocenters. The van der Waals surface area contributed by atoms with E-state index in [1.54, 1.807) is 0 Å². The Morgan fingerprint density at radius 1 is 1.07 bits per heavy atom. The first-order chi connectivity index (χ1) is 7.18. The maximum atomic E-state index is 5.93. The molecule has 1 fully saturated rings. The van der Waals surface area contributed by atoms with Crippen LogP contribution >= 0.6 is 0 Å².